The third kappa shape index (κ3) is 7.05. The molecule has 38 heavy (non-hydrogen) atoms. The van der Waals surface area contributed by atoms with E-state index >= 15 is 0 Å². The average molecular weight is 643 g/mol. The maximum Gasteiger partial charge on any atom is 0.293 e. The minimum Gasteiger partial charge on any atom is -0.493 e. The molecule has 194 valence electrons. The summed E-state index contributed by atoms with van der Waals surface area (Å²) in [6.45, 7) is 0.694. The molecule has 0 radical (unpaired) electrons. The summed E-state index contributed by atoms with van der Waals surface area (Å²) in [5.74, 6) is 0.495. The van der Waals surface area contributed by atoms with Crippen molar-refractivity contribution in [3.63, 3.8) is 0 Å². The summed E-state index contributed by atoms with van der Waals surface area (Å²) >= 11 is 6.80. The number of nitrogens with one attached hydrogen (secondary N) is 1. The molecule has 0 aliphatic carbocycles. The van der Waals surface area contributed by atoms with Crippen molar-refractivity contribution < 1.29 is 19.2 Å². The summed E-state index contributed by atoms with van der Waals surface area (Å²) in [7, 11) is 1.52. The van der Waals surface area contributed by atoms with Crippen LogP contribution in [0.25, 0.3) is 0 Å². The third-order valence-corrected chi connectivity index (χ3v) is 6.41. The van der Waals surface area contributed by atoms with Crippen molar-refractivity contribution >= 4 is 49.7 Å². The van der Waals surface area contributed by atoms with E-state index in [9.17, 15) is 14.9 Å². The molecule has 1 N–H and O–H groups in total. The number of non-ortho nitro benzene ring substituents is 1. The van der Waals surface area contributed by atoms with Crippen molar-refractivity contribution in [3.05, 3.63) is 114 Å². The number of carbonyl (C=O) groups excluding carboxylic acids is 1. The molecule has 1 heterocycles. The predicted molar refractivity (Wildman–Crippen MR) is 149 cm³/mol. The molecule has 0 fully saturated rings. The molecule has 0 bridgehead atoms. The molecular weight excluding hydrogens is 622 g/mol. The molecular formula is C26H21Br2N5O5. The van der Waals surface area contributed by atoms with Gasteiger partial charge in [0.15, 0.2) is 17.2 Å². The summed E-state index contributed by atoms with van der Waals surface area (Å²) in [5.41, 5.74) is 5.16. The van der Waals surface area contributed by atoms with Gasteiger partial charge in [-0.3, -0.25) is 19.6 Å². The molecule has 3 aromatic carbocycles. The highest BCUT2D eigenvalue weighted by Gasteiger charge is 2.15. The molecule has 12 heteroatoms. The zero-order chi connectivity index (χ0) is 27.1. The molecule has 0 aliphatic rings. The normalized spacial score (nSPS) is 10.9. The Kier molecular flexibility index (Phi) is 8.87. The van der Waals surface area contributed by atoms with Crippen LogP contribution in [0.1, 0.15) is 27.2 Å². The van der Waals surface area contributed by atoms with E-state index in [1.165, 1.54) is 25.5 Å². The van der Waals surface area contributed by atoms with Crippen LogP contribution in [0.5, 0.6) is 11.5 Å². The van der Waals surface area contributed by atoms with E-state index in [0.717, 1.165) is 15.6 Å². The molecule has 0 atom stereocenters. The lowest BCUT2D eigenvalue weighted by Crippen LogP contribution is -2.19. The van der Waals surface area contributed by atoms with Crippen LogP contribution in [0, 0.1) is 10.1 Å². The van der Waals surface area contributed by atoms with Crippen LogP contribution in [0.2, 0.25) is 0 Å². The van der Waals surface area contributed by atoms with Gasteiger partial charge in [0.2, 0.25) is 0 Å². The van der Waals surface area contributed by atoms with Crippen molar-refractivity contribution in [1.82, 2.24) is 15.2 Å². The van der Waals surface area contributed by atoms with E-state index in [1.807, 2.05) is 24.3 Å². The van der Waals surface area contributed by atoms with Crippen molar-refractivity contribution in [2.24, 2.45) is 5.10 Å². The highest BCUT2D eigenvalue weighted by molar-refractivity contribution is 9.10. The lowest BCUT2D eigenvalue weighted by molar-refractivity contribution is -0.384. The van der Waals surface area contributed by atoms with Crippen LogP contribution < -0.4 is 14.9 Å². The van der Waals surface area contributed by atoms with Crippen LogP contribution in [0.3, 0.4) is 0 Å². The van der Waals surface area contributed by atoms with E-state index < -0.39 is 10.8 Å². The molecule has 0 saturated carbocycles. The first-order valence-corrected chi connectivity index (χ1v) is 12.8. The number of nitrogens with zero attached hydrogens (tertiary/aromatic N) is 4. The van der Waals surface area contributed by atoms with Crippen molar-refractivity contribution in [3.8, 4) is 11.5 Å². The molecule has 4 rings (SSSR count). The Hall–Kier alpha value is -4.03. The number of carbonyl (C=O) groups is 1. The number of amides is 1. The van der Waals surface area contributed by atoms with Gasteiger partial charge in [-0.05, 0) is 75.1 Å². The standard InChI is InChI=1S/C26H21Br2N5O5/c1-37-23-11-6-19(12-24(23)38-16-18-4-9-21(10-5-18)33(35)36)13-29-30-26(34)25-22(28)15-32(31-25)14-17-2-7-20(27)8-3-17/h2-13,15H,14,16H2,1H3,(H,30,34)/b29-13-. The van der Waals surface area contributed by atoms with Crippen molar-refractivity contribution in [2.75, 3.05) is 7.11 Å². The minimum absolute atomic E-state index is 0.00924. The van der Waals surface area contributed by atoms with Crippen molar-refractivity contribution in [2.45, 2.75) is 13.2 Å². The van der Waals surface area contributed by atoms with Gasteiger partial charge < -0.3 is 9.47 Å². The van der Waals surface area contributed by atoms with Crippen LogP contribution in [0.15, 0.2) is 87.0 Å². The second-order valence-electron chi connectivity index (χ2n) is 7.97. The Labute approximate surface area is 234 Å². The van der Waals surface area contributed by atoms with E-state index in [2.05, 4.69) is 47.5 Å². The summed E-state index contributed by atoms with van der Waals surface area (Å²) < 4.78 is 14.4. The lowest BCUT2D eigenvalue weighted by atomic mass is 10.2. The number of methoxy groups -OCH3 is 1. The number of rotatable bonds is 10. The second-order valence-corrected chi connectivity index (χ2v) is 9.74. The van der Waals surface area contributed by atoms with E-state index in [1.54, 1.807) is 41.2 Å². The van der Waals surface area contributed by atoms with Gasteiger partial charge in [0, 0.05) is 22.8 Å². The number of benzene rings is 3. The van der Waals surface area contributed by atoms with Gasteiger partial charge in [0.25, 0.3) is 11.6 Å². The van der Waals surface area contributed by atoms with Gasteiger partial charge in [-0.1, -0.05) is 28.1 Å². The zero-order valence-electron chi connectivity index (χ0n) is 20.0. The van der Waals surface area contributed by atoms with E-state index in [-0.39, 0.29) is 18.0 Å². The molecule has 0 spiro atoms. The van der Waals surface area contributed by atoms with Gasteiger partial charge in [0.1, 0.15) is 6.61 Å². The van der Waals surface area contributed by atoms with Crippen molar-refractivity contribution in [1.29, 1.82) is 0 Å². The number of hydrogen-bond donors (Lipinski definition) is 1. The fourth-order valence-corrected chi connectivity index (χ4v) is 4.15. The highest BCUT2D eigenvalue weighted by Crippen LogP contribution is 2.28. The van der Waals surface area contributed by atoms with E-state index in [0.29, 0.717) is 28.1 Å². The molecule has 0 unspecified atom stereocenters. The molecule has 0 saturated heterocycles. The van der Waals surface area contributed by atoms with Crippen LogP contribution in [-0.2, 0) is 13.2 Å². The summed E-state index contributed by atoms with van der Waals surface area (Å²) in [6.07, 6.45) is 3.21. The smallest absolute Gasteiger partial charge is 0.293 e. The van der Waals surface area contributed by atoms with Gasteiger partial charge in [-0.2, -0.15) is 10.2 Å². The molecule has 10 nitrogen and oxygen atoms in total. The number of nitro groups is 1. The maximum atomic E-state index is 12.6. The maximum absolute atomic E-state index is 12.6. The quantitative estimate of drug-likeness (QED) is 0.134. The zero-order valence-corrected chi connectivity index (χ0v) is 23.2. The predicted octanol–water partition coefficient (Wildman–Crippen LogP) is 5.72. The Morgan fingerprint density at radius 2 is 1.79 bits per heavy atom. The molecule has 0 aliphatic heterocycles. The number of hydrazone groups is 1. The lowest BCUT2D eigenvalue weighted by Gasteiger charge is -2.11. The fourth-order valence-electron chi connectivity index (χ4n) is 3.39. The largest absolute Gasteiger partial charge is 0.493 e. The number of nitro benzene ring substituents is 1. The first kappa shape index (κ1) is 27.0. The summed E-state index contributed by atoms with van der Waals surface area (Å²) in [5, 5.41) is 19.2. The monoisotopic (exact) mass is 641 g/mol. The first-order valence-electron chi connectivity index (χ1n) is 11.2. The van der Waals surface area contributed by atoms with Crippen LogP contribution >= 0.6 is 31.9 Å². The second kappa shape index (κ2) is 12.5. The van der Waals surface area contributed by atoms with Gasteiger partial charge in [-0.15, -0.1) is 0 Å². The average Bonchev–Trinajstić information content (AvgIpc) is 3.28. The van der Waals surface area contributed by atoms with Crippen LogP contribution in [-0.4, -0.2) is 33.9 Å². The van der Waals surface area contributed by atoms with Crippen LogP contribution in [0.4, 0.5) is 5.69 Å². The Bertz CT molecular complexity index is 1470. The van der Waals surface area contributed by atoms with Gasteiger partial charge in [0.05, 0.1) is 29.3 Å². The number of ether oxygens (including phenoxy) is 2. The van der Waals surface area contributed by atoms with Gasteiger partial charge in [-0.25, -0.2) is 5.43 Å². The Morgan fingerprint density at radius 3 is 2.47 bits per heavy atom. The summed E-state index contributed by atoms with van der Waals surface area (Å²) in [6, 6.07) is 19.1. The Morgan fingerprint density at radius 1 is 1.08 bits per heavy atom. The third-order valence-electron chi connectivity index (χ3n) is 5.30. The first-order chi connectivity index (χ1) is 18.3. The highest BCUT2D eigenvalue weighted by atomic mass is 79.9. The topological polar surface area (TPSA) is 121 Å². The number of aromatic nitrogens is 2. The van der Waals surface area contributed by atoms with E-state index in [4.69, 9.17) is 9.47 Å². The fraction of sp³-hybridized carbons (Fsp3) is 0.115. The number of halogens is 2. The van der Waals surface area contributed by atoms with Gasteiger partial charge >= 0.3 is 0 Å². The molecule has 4 aromatic rings. The minimum atomic E-state index is -0.467. The SMILES string of the molecule is COc1ccc(/C=N\NC(=O)c2nn(Cc3ccc(Br)cc3)cc2Br)cc1OCc1ccc([N+](=O)[O-])cc1. The molecule has 1 aromatic heterocycles. The Balaban J connectivity index is 1.38. The number of hydrogen-bond acceptors (Lipinski definition) is 7. The summed E-state index contributed by atoms with van der Waals surface area (Å²) in [4.78, 5) is 23.0. The molecule has 1 amide bonds.